The van der Waals surface area contributed by atoms with E-state index in [-0.39, 0.29) is 18.3 Å². The summed E-state index contributed by atoms with van der Waals surface area (Å²) in [5.41, 5.74) is 2.28. The molecule has 0 radical (unpaired) electrons. The van der Waals surface area contributed by atoms with Crippen LogP contribution in [0.15, 0.2) is 24.4 Å². The Labute approximate surface area is 109 Å². The van der Waals surface area contributed by atoms with Gasteiger partial charge in [0.05, 0.1) is 17.6 Å². The van der Waals surface area contributed by atoms with Gasteiger partial charge in [0.2, 0.25) is 5.82 Å². The van der Waals surface area contributed by atoms with Crippen molar-refractivity contribution in [2.24, 2.45) is 0 Å². The van der Waals surface area contributed by atoms with Gasteiger partial charge in [-0.3, -0.25) is 4.79 Å². The van der Waals surface area contributed by atoms with Crippen molar-refractivity contribution in [3.8, 4) is 23.1 Å². The van der Waals surface area contributed by atoms with Crippen LogP contribution >= 0.6 is 0 Å². The zero-order chi connectivity index (χ0) is 13.4. The number of carbonyl (C=O) groups excluding carboxylic acids is 1. The van der Waals surface area contributed by atoms with Gasteiger partial charge >= 0.3 is 0 Å². The van der Waals surface area contributed by atoms with Crippen LogP contribution in [0.4, 0.5) is 5.69 Å². The van der Waals surface area contributed by atoms with Crippen LogP contribution in [0.5, 0.6) is 5.75 Å². The van der Waals surface area contributed by atoms with E-state index in [0.29, 0.717) is 11.4 Å². The molecule has 94 valence electrons. The van der Waals surface area contributed by atoms with Gasteiger partial charge in [0, 0.05) is 12.6 Å². The number of amides is 1. The van der Waals surface area contributed by atoms with E-state index in [2.05, 4.69) is 9.97 Å². The molecular weight excluding hydrogens is 244 g/mol. The minimum atomic E-state index is -0.0908. The SMILES string of the molecule is CN1C(=O)COc2ccc(-c3cnc(C#N)[nH]3)cc21. The Bertz CT molecular complexity index is 699. The van der Waals surface area contributed by atoms with Crippen LogP contribution in [-0.2, 0) is 4.79 Å². The first-order chi connectivity index (χ1) is 9.19. The molecule has 1 aromatic carbocycles. The van der Waals surface area contributed by atoms with Crippen molar-refractivity contribution in [2.75, 3.05) is 18.6 Å². The second-order valence-electron chi connectivity index (χ2n) is 4.18. The van der Waals surface area contributed by atoms with Gasteiger partial charge < -0.3 is 14.6 Å². The first-order valence-electron chi connectivity index (χ1n) is 5.68. The molecule has 2 heterocycles. The molecule has 19 heavy (non-hydrogen) atoms. The smallest absolute Gasteiger partial charge is 0.264 e. The van der Waals surface area contributed by atoms with Crippen LogP contribution in [0.25, 0.3) is 11.3 Å². The largest absolute Gasteiger partial charge is 0.482 e. The van der Waals surface area contributed by atoms with Crippen molar-refractivity contribution in [2.45, 2.75) is 0 Å². The molecule has 0 bridgehead atoms. The van der Waals surface area contributed by atoms with Gasteiger partial charge in [-0.2, -0.15) is 5.26 Å². The Balaban J connectivity index is 2.06. The van der Waals surface area contributed by atoms with Crippen molar-refractivity contribution in [1.29, 1.82) is 5.26 Å². The Morgan fingerprint density at radius 1 is 1.53 bits per heavy atom. The molecule has 0 fully saturated rings. The van der Waals surface area contributed by atoms with E-state index < -0.39 is 0 Å². The van der Waals surface area contributed by atoms with E-state index in [1.807, 2.05) is 18.2 Å². The summed E-state index contributed by atoms with van der Waals surface area (Å²) in [6.07, 6.45) is 1.59. The summed E-state index contributed by atoms with van der Waals surface area (Å²) in [5, 5.41) is 8.75. The molecule has 1 amide bonds. The van der Waals surface area contributed by atoms with Gasteiger partial charge in [0.1, 0.15) is 11.8 Å². The summed E-state index contributed by atoms with van der Waals surface area (Å²) in [4.78, 5) is 20.0. The normalized spacial score (nSPS) is 13.7. The predicted molar refractivity (Wildman–Crippen MR) is 67.6 cm³/mol. The Morgan fingerprint density at radius 2 is 2.37 bits per heavy atom. The number of H-pyrrole nitrogens is 1. The third-order valence-corrected chi connectivity index (χ3v) is 3.04. The number of aromatic amines is 1. The quantitative estimate of drug-likeness (QED) is 0.831. The van der Waals surface area contributed by atoms with Gasteiger partial charge in [-0.25, -0.2) is 4.98 Å². The number of fused-ring (bicyclic) bond motifs is 1. The van der Waals surface area contributed by atoms with Gasteiger partial charge in [0.15, 0.2) is 6.61 Å². The number of imidazole rings is 1. The molecule has 2 aromatic rings. The van der Waals surface area contributed by atoms with Crippen molar-refractivity contribution in [3.63, 3.8) is 0 Å². The molecule has 6 nitrogen and oxygen atoms in total. The fourth-order valence-corrected chi connectivity index (χ4v) is 1.96. The van der Waals surface area contributed by atoms with Gasteiger partial charge in [0.25, 0.3) is 5.91 Å². The number of hydrogen-bond donors (Lipinski definition) is 1. The lowest BCUT2D eigenvalue weighted by Crippen LogP contribution is -2.35. The number of aromatic nitrogens is 2. The number of rotatable bonds is 1. The number of nitriles is 1. The zero-order valence-corrected chi connectivity index (χ0v) is 10.2. The molecular formula is C13H10N4O2. The number of ether oxygens (including phenoxy) is 1. The molecule has 0 atom stereocenters. The van der Waals surface area contributed by atoms with Crippen LogP contribution in [-0.4, -0.2) is 29.5 Å². The molecule has 0 spiro atoms. The van der Waals surface area contributed by atoms with E-state index in [1.54, 1.807) is 24.2 Å². The first-order valence-corrected chi connectivity index (χ1v) is 5.68. The summed E-state index contributed by atoms with van der Waals surface area (Å²) in [6.45, 7) is 0.0610. The molecule has 3 rings (SSSR count). The van der Waals surface area contributed by atoms with Crippen molar-refractivity contribution >= 4 is 11.6 Å². The molecule has 0 saturated heterocycles. The maximum absolute atomic E-state index is 11.6. The lowest BCUT2D eigenvalue weighted by atomic mass is 10.1. The Morgan fingerprint density at radius 3 is 3.11 bits per heavy atom. The molecule has 6 heteroatoms. The predicted octanol–water partition coefficient (Wildman–Crippen LogP) is 1.30. The van der Waals surface area contributed by atoms with Crippen LogP contribution in [0.3, 0.4) is 0 Å². The summed E-state index contributed by atoms with van der Waals surface area (Å²) in [7, 11) is 1.71. The third kappa shape index (κ3) is 1.81. The number of anilines is 1. The van der Waals surface area contributed by atoms with Crippen molar-refractivity contribution in [3.05, 3.63) is 30.2 Å². The maximum Gasteiger partial charge on any atom is 0.264 e. The fraction of sp³-hybridized carbons (Fsp3) is 0.154. The minimum absolute atomic E-state index is 0.0610. The second kappa shape index (κ2) is 4.14. The monoisotopic (exact) mass is 254 g/mol. The topological polar surface area (TPSA) is 82.0 Å². The summed E-state index contributed by atoms with van der Waals surface area (Å²) in [6, 6.07) is 7.44. The average Bonchev–Trinajstić information content (AvgIpc) is 2.92. The zero-order valence-electron chi connectivity index (χ0n) is 10.2. The highest BCUT2D eigenvalue weighted by Gasteiger charge is 2.22. The van der Waals surface area contributed by atoms with E-state index in [0.717, 1.165) is 11.3 Å². The van der Waals surface area contributed by atoms with E-state index in [9.17, 15) is 4.79 Å². The van der Waals surface area contributed by atoms with E-state index >= 15 is 0 Å². The van der Waals surface area contributed by atoms with Crippen LogP contribution in [0.2, 0.25) is 0 Å². The first kappa shape index (κ1) is 11.3. The summed E-state index contributed by atoms with van der Waals surface area (Å²) < 4.78 is 5.35. The van der Waals surface area contributed by atoms with Crippen molar-refractivity contribution in [1.82, 2.24) is 9.97 Å². The molecule has 1 N–H and O–H groups in total. The van der Waals surface area contributed by atoms with Gasteiger partial charge in [-0.05, 0) is 18.2 Å². The second-order valence-corrected chi connectivity index (χ2v) is 4.18. The van der Waals surface area contributed by atoms with Crippen molar-refractivity contribution < 1.29 is 9.53 Å². The number of likely N-dealkylation sites (N-methyl/N-ethyl adjacent to an activating group) is 1. The molecule has 0 aliphatic carbocycles. The van der Waals surface area contributed by atoms with Crippen LogP contribution in [0, 0.1) is 11.3 Å². The number of hydrogen-bond acceptors (Lipinski definition) is 4. The lowest BCUT2D eigenvalue weighted by Gasteiger charge is -2.26. The average molecular weight is 254 g/mol. The van der Waals surface area contributed by atoms with Crippen LogP contribution in [0.1, 0.15) is 5.82 Å². The number of benzene rings is 1. The minimum Gasteiger partial charge on any atom is -0.482 e. The highest BCUT2D eigenvalue weighted by atomic mass is 16.5. The molecule has 1 aliphatic heterocycles. The molecule has 1 aromatic heterocycles. The third-order valence-electron chi connectivity index (χ3n) is 3.04. The Kier molecular flexibility index (Phi) is 2.46. The maximum atomic E-state index is 11.6. The fourth-order valence-electron chi connectivity index (χ4n) is 1.96. The van der Waals surface area contributed by atoms with Gasteiger partial charge in [-0.1, -0.05) is 0 Å². The van der Waals surface area contributed by atoms with E-state index in [1.165, 1.54) is 0 Å². The van der Waals surface area contributed by atoms with Crippen LogP contribution < -0.4 is 9.64 Å². The molecule has 0 saturated carbocycles. The molecule has 0 unspecified atom stereocenters. The van der Waals surface area contributed by atoms with E-state index in [4.69, 9.17) is 10.00 Å². The summed E-state index contributed by atoms with van der Waals surface area (Å²) >= 11 is 0. The van der Waals surface area contributed by atoms with Gasteiger partial charge in [-0.15, -0.1) is 0 Å². The Hall–Kier alpha value is -2.81. The summed E-state index contributed by atoms with van der Waals surface area (Å²) in [5.74, 6) is 0.839. The molecule has 1 aliphatic rings. The number of nitrogens with one attached hydrogen (secondary N) is 1. The number of carbonyl (C=O) groups is 1. The lowest BCUT2D eigenvalue weighted by molar-refractivity contribution is -0.120. The highest BCUT2D eigenvalue weighted by molar-refractivity contribution is 5.98. The highest BCUT2D eigenvalue weighted by Crippen LogP contribution is 2.34. The number of nitrogens with zero attached hydrogens (tertiary/aromatic N) is 3. The standard InChI is InChI=1S/C13H10N4O2/c1-17-10-4-8(9-6-15-12(5-14)16-9)2-3-11(10)19-7-13(17)18/h2-4,6H,7H2,1H3,(H,15,16).